The number of aromatic hydroxyl groups is 3. The zero-order valence-electron chi connectivity index (χ0n) is 14.2. The Morgan fingerprint density at radius 3 is 2.04 bits per heavy atom. The number of carbonyl (C=O) groups is 2. The first-order valence-corrected chi connectivity index (χ1v) is 7.33. The minimum absolute atomic E-state index is 0.0107. The molecule has 0 bridgehead atoms. The molecule has 0 atom stereocenters. The van der Waals surface area contributed by atoms with Crippen LogP contribution in [0.3, 0.4) is 0 Å². The maximum absolute atomic E-state index is 12.4. The Kier molecular flexibility index (Phi) is 4.87. The van der Waals surface area contributed by atoms with E-state index in [4.69, 9.17) is 4.74 Å². The third-order valence-electron chi connectivity index (χ3n) is 3.80. The molecule has 0 aliphatic rings. The fraction of sp³-hybridized carbons (Fsp3) is 0.222. The summed E-state index contributed by atoms with van der Waals surface area (Å²) < 4.78 is 9.89. The molecular weight excluding hydrogens is 328 g/mol. The van der Waals surface area contributed by atoms with Crippen LogP contribution in [0.1, 0.15) is 37.4 Å². The van der Waals surface area contributed by atoms with Crippen molar-refractivity contribution < 1.29 is 34.4 Å². The van der Waals surface area contributed by atoms with Crippen LogP contribution in [0.2, 0.25) is 0 Å². The topological polar surface area (TPSA) is 113 Å². The van der Waals surface area contributed by atoms with Gasteiger partial charge in [0, 0.05) is 11.6 Å². The summed E-state index contributed by atoms with van der Waals surface area (Å²) in [6, 6.07) is 3.76. The van der Waals surface area contributed by atoms with Crippen molar-refractivity contribution in [2.45, 2.75) is 20.8 Å². The maximum Gasteiger partial charge on any atom is 0.347 e. The lowest BCUT2D eigenvalue weighted by atomic mass is 10.0. The van der Waals surface area contributed by atoms with Crippen molar-refractivity contribution in [1.82, 2.24) is 0 Å². The van der Waals surface area contributed by atoms with Crippen molar-refractivity contribution in [3.8, 4) is 23.0 Å². The molecular formula is C18H18O7. The number of benzene rings is 2. The summed E-state index contributed by atoms with van der Waals surface area (Å²) in [5, 5.41) is 29.5. The normalized spacial score (nSPS) is 10.4. The Hall–Kier alpha value is -3.22. The first kappa shape index (κ1) is 18.1. The number of ether oxygens (including phenoxy) is 2. The van der Waals surface area contributed by atoms with E-state index >= 15 is 0 Å². The minimum Gasteiger partial charge on any atom is -0.508 e. The summed E-state index contributed by atoms with van der Waals surface area (Å²) in [4.78, 5) is 24.1. The van der Waals surface area contributed by atoms with Gasteiger partial charge in [0.1, 0.15) is 34.1 Å². The van der Waals surface area contributed by atoms with Crippen LogP contribution in [0.4, 0.5) is 0 Å². The molecule has 0 fully saturated rings. The van der Waals surface area contributed by atoms with Gasteiger partial charge in [0.05, 0.1) is 7.11 Å². The van der Waals surface area contributed by atoms with Gasteiger partial charge >= 0.3 is 11.9 Å². The SMILES string of the molecule is COC(=O)c1c(C)cc(OC(=O)c2c(C)cc(O)cc2O)c(C)c1O. The maximum atomic E-state index is 12.4. The van der Waals surface area contributed by atoms with Gasteiger partial charge in [-0.15, -0.1) is 0 Å². The fourth-order valence-corrected chi connectivity index (χ4v) is 2.50. The molecule has 0 radical (unpaired) electrons. The second-order valence-corrected chi connectivity index (χ2v) is 5.58. The molecule has 7 heteroatoms. The van der Waals surface area contributed by atoms with Crippen LogP contribution < -0.4 is 4.74 Å². The standard InChI is InChI=1S/C18H18O7/c1-8-5-11(19)7-12(20)14(8)18(23)25-13-6-9(2)15(17(22)24-4)16(21)10(13)3/h5-7,19-21H,1-4H3. The Labute approximate surface area is 144 Å². The highest BCUT2D eigenvalue weighted by atomic mass is 16.5. The average molecular weight is 346 g/mol. The highest BCUT2D eigenvalue weighted by molar-refractivity contribution is 5.97. The zero-order chi connectivity index (χ0) is 18.9. The van der Waals surface area contributed by atoms with Crippen molar-refractivity contribution in [3.63, 3.8) is 0 Å². The van der Waals surface area contributed by atoms with E-state index in [2.05, 4.69) is 4.74 Å². The van der Waals surface area contributed by atoms with Crippen LogP contribution in [0.5, 0.6) is 23.0 Å². The number of hydrogen-bond acceptors (Lipinski definition) is 7. The third kappa shape index (κ3) is 3.35. The Balaban J connectivity index is 2.45. The lowest BCUT2D eigenvalue weighted by Crippen LogP contribution is -2.13. The van der Waals surface area contributed by atoms with Crippen LogP contribution in [0, 0.1) is 20.8 Å². The molecule has 2 rings (SSSR count). The van der Waals surface area contributed by atoms with Crippen LogP contribution in [-0.4, -0.2) is 34.4 Å². The quantitative estimate of drug-likeness (QED) is 0.578. The van der Waals surface area contributed by atoms with Crippen molar-refractivity contribution in [1.29, 1.82) is 0 Å². The predicted octanol–water partition coefficient (Wildman–Crippen LogP) is 2.73. The van der Waals surface area contributed by atoms with E-state index < -0.39 is 17.7 Å². The van der Waals surface area contributed by atoms with E-state index in [1.54, 1.807) is 6.92 Å². The summed E-state index contributed by atoms with van der Waals surface area (Å²) in [7, 11) is 1.20. The number of phenolic OH excluding ortho intramolecular Hbond substituents is 3. The number of rotatable bonds is 3. The van der Waals surface area contributed by atoms with Crippen molar-refractivity contribution in [2.24, 2.45) is 0 Å². The largest absolute Gasteiger partial charge is 0.508 e. The molecule has 0 unspecified atom stereocenters. The smallest absolute Gasteiger partial charge is 0.347 e. The van der Waals surface area contributed by atoms with Crippen LogP contribution in [0.15, 0.2) is 18.2 Å². The third-order valence-corrected chi connectivity index (χ3v) is 3.80. The van der Waals surface area contributed by atoms with E-state index in [0.717, 1.165) is 6.07 Å². The molecule has 0 heterocycles. The molecule has 0 amide bonds. The molecule has 7 nitrogen and oxygen atoms in total. The van der Waals surface area contributed by atoms with Gasteiger partial charge in [-0.2, -0.15) is 0 Å². The molecule has 2 aromatic carbocycles. The molecule has 0 aliphatic carbocycles. The molecule has 132 valence electrons. The number of hydrogen-bond donors (Lipinski definition) is 3. The molecule has 0 aromatic heterocycles. The van der Waals surface area contributed by atoms with Gasteiger partial charge in [-0.05, 0) is 44.0 Å². The van der Waals surface area contributed by atoms with Crippen molar-refractivity contribution in [2.75, 3.05) is 7.11 Å². The average Bonchev–Trinajstić information content (AvgIpc) is 2.51. The van der Waals surface area contributed by atoms with E-state index in [1.165, 1.54) is 33.1 Å². The van der Waals surface area contributed by atoms with Gasteiger partial charge in [0.25, 0.3) is 0 Å². The summed E-state index contributed by atoms with van der Waals surface area (Å²) >= 11 is 0. The molecule has 25 heavy (non-hydrogen) atoms. The summed E-state index contributed by atoms with van der Waals surface area (Å²) in [6.07, 6.45) is 0. The van der Waals surface area contributed by atoms with Crippen LogP contribution in [-0.2, 0) is 4.74 Å². The lowest BCUT2D eigenvalue weighted by Gasteiger charge is -2.15. The molecule has 0 aliphatic heterocycles. The van der Waals surface area contributed by atoms with Gasteiger partial charge in [0.15, 0.2) is 0 Å². The second kappa shape index (κ2) is 6.72. The Morgan fingerprint density at radius 1 is 0.880 bits per heavy atom. The highest BCUT2D eigenvalue weighted by Crippen LogP contribution is 2.35. The van der Waals surface area contributed by atoms with Gasteiger partial charge in [-0.3, -0.25) is 0 Å². The number of esters is 2. The van der Waals surface area contributed by atoms with Gasteiger partial charge in [-0.1, -0.05) is 0 Å². The first-order valence-electron chi connectivity index (χ1n) is 7.33. The van der Waals surface area contributed by atoms with E-state index in [0.29, 0.717) is 11.1 Å². The molecule has 3 N–H and O–H groups in total. The summed E-state index contributed by atoms with van der Waals surface area (Å²) in [5.74, 6) is -2.47. The zero-order valence-corrected chi connectivity index (χ0v) is 14.2. The summed E-state index contributed by atoms with van der Waals surface area (Å²) in [6.45, 7) is 4.57. The molecule has 0 saturated heterocycles. The second-order valence-electron chi connectivity index (χ2n) is 5.58. The number of phenols is 3. The first-order chi connectivity index (χ1) is 11.7. The summed E-state index contributed by atoms with van der Waals surface area (Å²) in [5.41, 5.74) is 0.752. The van der Waals surface area contributed by atoms with Crippen LogP contribution >= 0.6 is 0 Å². The number of carbonyl (C=O) groups excluding carboxylic acids is 2. The fourth-order valence-electron chi connectivity index (χ4n) is 2.50. The van der Waals surface area contributed by atoms with Crippen molar-refractivity contribution >= 4 is 11.9 Å². The molecule has 0 saturated carbocycles. The van der Waals surface area contributed by atoms with Crippen molar-refractivity contribution in [3.05, 3.63) is 46.0 Å². The lowest BCUT2D eigenvalue weighted by molar-refractivity contribution is 0.0596. The molecule has 2 aromatic rings. The van der Waals surface area contributed by atoms with Gasteiger partial charge in [-0.25, -0.2) is 9.59 Å². The predicted molar refractivity (Wildman–Crippen MR) is 88.4 cm³/mol. The van der Waals surface area contributed by atoms with Gasteiger partial charge in [0.2, 0.25) is 0 Å². The number of methoxy groups -OCH3 is 1. The molecule has 0 spiro atoms. The Morgan fingerprint density at radius 2 is 1.48 bits per heavy atom. The Bertz CT molecular complexity index is 845. The van der Waals surface area contributed by atoms with Crippen LogP contribution in [0.25, 0.3) is 0 Å². The van der Waals surface area contributed by atoms with E-state index in [1.807, 2.05) is 0 Å². The number of aryl methyl sites for hydroxylation is 2. The van der Waals surface area contributed by atoms with Gasteiger partial charge < -0.3 is 24.8 Å². The monoisotopic (exact) mass is 346 g/mol. The highest BCUT2D eigenvalue weighted by Gasteiger charge is 2.23. The van der Waals surface area contributed by atoms with E-state index in [-0.39, 0.29) is 33.9 Å². The minimum atomic E-state index is -0.859. The van der Waals surface area contributed by atoms with E-state index in [9.17, 15) is 24.9 Å².